The van der Waals surface area contributed by atoms with Gasteiger partial charge in [-0.15, -0.1) is 0 Å². The lowest BCUT2D eigenvalue weighted by molar-refractivity contribution is 0.759. The fraction of sp³-hybridized carbons (Fsp3) is 0.0534. The molecule has 642 valence electrons. The van der Waals surface area contributed by atoms with Gasteiger partial charge in [0, 0.05) is 68.2 Å². The van der Waals surface area contributed by atoms with Crippen molar-refractivity contribution in [2.45, 2.75) is 43.9 Å². The molecular weight excluding hydrogens is 1630 g/mol. The van der Waals surface area contributed by atoms with Crippen LogP contribution in [0.25, 0.3) is 67.8 Å². The van der Waals surface area contributed by atoms with E-state index >= 15 is 0 Å². The van der Waals surface area contributed by atoms with Crippen LogP contribution in [0.15, 0.2) is 498 Å². The van der Waals surface area contributed by atoms with Crippen LogP contribution in [0.5, 0.6) is 0 Å². The molecule has 3 aliphatic rings. The zero-order valence-corrected chi connectivity index (χ0v) is 76.0. The van der Waals surface area contributed by atoms with Gasteiger partial charge >= 0.3 is 0 Å². The molecule has 0 N–H and O–H groups in total. The summed E-state index contributed by atoms with van der Waals surface area (Å²) >= 11 is 0. The lowest BCUT2D eigenvalue weighted by Gasteiger charge is -2.36. The van der Waals surface area contributed by atoms with Gasteiger partial charge in [0.1, 0.15) is 0 Å². The van der Waals surface area contributed by atoms with Gasteiger partial charge in [-0.05, 0) is 318 Å². The van der Waals surface area contributed by atoms with E-state index in [0.717, 1.165) is 102 Å². The maximum Gasteiger partial charge on any atom is 0.0716 e. The number of rotatable bonds is 22. The van der Waals surface area contributed by atoms with Crippen molar-refractivity contribution in [2.24, 2.45) is 0 Å². The van der Waals surface area contributed by atoms with Crippen LogP contribution in [0.2, 0.25) is 0 Å². The van der Waals surface area contributed by atoms with Gasteiger partial charge in [0.2, 0.25) is 0 Å². The molecular formula is C131H98N4. The quantitative estimate of drug-likeness (QED) is 0.0670. The Morgan fingerprint density at radius 2 is 0.385 bits per heavy atom. The molecule has 0 saturated carbocycles. The summed E-state index contributed by atoms with van der Waals surface area (Å²) in [5.41, 5.74) is 45.1. The molecule has 2 unspecified atom stereocenters. The molecule has 0 spiro atoms. The number of nitrogens with zero attached hydrogens (tertiary/aromatic N) is 4. The minimum absolute atomic E-state index is 0.592. The summed E-state index contributed by atoms with van der Waals surface area (Å²) in [6, 6.07) is 181. The number of aryl methyl sites for hydroxylation is 4. The zero-order valence-electron chi connectivity index (χ0n) is 76.0. The molecule has 0 fully saturated rings. The van der Waals surface area contributed by atoms with Gasteiger partial charge in [0.15, 0.2) is 0 Å². The standard InChI is InChI=1S/C131H98N4/c1-7-93-49-61-101(62-50-93)130(125-85-89(3)45-47-91(125)5)123-43-27-23-39-117(123)119-83-81-113(87-127(119)130)134(105-33-17-11-18-34-105)109-73-57-97(58-74-109)95-53-69-107(70-54-95)132(103-29-13-9-14-30-103)111-77-65-99(66-78-111)129(121-41-25-21-37-115(121)116-38-22-26-42-122(116)129)100-67-79-112(80-68-100)133(104-31-15-10-16-32-104)108-71-55-96(56-72-108)98-59-75-110(76-60-98)135(106-35-19-12-20-36-106)114-82-84-120-118-40-24-28-44-124(118)131(128(120)88-114,102-63-51-94(8-2)52-64-102)126-86-90(4)46-48-92(126)6/h7-88H,1-2H2,3-6H3. The van der Waals surface area contributed by atoms with Gasteiger partial charge in [0.25, 0.3) is 0 Å². The molecule has 0 aliphatic heterocycles. The minimum atomic E-state index is -0.664. The summed E-state index contributed by atoms with van der Waals surface area (Å²) in [7, 11) is 0. The third-order valence-electron chi connectivity index (χ3n) is 28.6. The molecule has 0 aromatic heterocycles. The predicted octanol–water partition coefficient (Wildman–Crippen LogP) is 34.5. The highest BCUT2D eigenvalue weighted by molar-refractivity contribution is 5.95. The van der Waals surface area contributed by atoms with Crippen molar-refractivity contribution in [3.63, 3.8) is 0 Å². The van der Waals surface area contributed by atoms with Gasteiger partial charge in [-0.1, -0.05) is 376 Å². The maximum absolute atomic E-state index is 4.13. The fourth-order valence-electron chi connectivity index (χ4n) is 22.4. The van der Waals surface area contributed by atoms with Gasteiger partial charge in [-0.2, -0.15) is 0 Å². The second-order valence-corrected chi connectivity index (χ2v) is 36.1. The third kappa shape index (κ3) is 13.8. The van der Waals surface area contributed by atoms with E-state index in [-0.39, 0.29) is 0 Å². The van der Waals surface area contributed by atoms with E-state index in [2.05, 4.69) is 546 Å². The molecule has 0 heterocycles. The van der Waals surface area contributed by atoms with Crippen molar-refractivity contribution in [2.75, 3.05) is 19.6 Å². The Kier molecular flexibility index (Phi) is 20.8. The van der Waals surface area contributed by atoms with Crippen LogP contribution >= 0.6 is 0 Å². The smallest absolute Gasteiger partial charge is 0.0716 e. The summed E-state index contributed by atoms with van der Waals surface area (Å²) in [5.74, 6) is 0. The van der Waals surface area contributed by atoms with Gasteiger partial charge in [-0.3, -0.25) is 0 Å². The van der Waals surface area contributed by atoms with Crippen molar-refractivity contribution >= 4 is 80.4 Å². The van der Waals surface area contributed by atoms with Crippen LogP contribution < -0.4 is 19.6 Å². The van der Waals surface area contributed by atoms with Crippen molar-refractivity contribution in [3.05, 3.63) is 599 Å². The first-order valence-electron chi connectivity index (χ1n) is 46.8. The van der Waals surface area contributed by atoms with E-state index in [1.54, 1.807) is 0 Å². The average Bonchev–Trinajstić information content (AvgIpc) is 1.52. The number of hydrogen-bond acceptors (Lipinski definition) is 4. The molecule has 4 heteroatoms. The monoisotopic (exact) mass is 1730 g/mol. The summed E-state index contributed by atoms with van der Waals surface area (Å²) in [4.78, 5) is 9.58. The highest BCUT2D eigenvalue weighted by Crippen LogP contribution is 2.62. The molecule has 135 heavy (non-hydrogen) atoms. The molecule has 0 radical (unpaired) electrons. The molecule has 0 amide bonds. The van der Waals surface area contributed by atoms with Crippen molar-refractivity contribution < 1.29 is 0 Å². The lowest BCUT2D eigenvalue weighted by Crippen LogP contribution is -2.30. The predicted molar refractivity (Wildman–Crippen MR) is 567 cm³/mol. The molecule has 20 aromatic rings. The third-order valence-corrected chi connectivity index (χ3v) is 28.6. The van der Waals surface area contributed by atoms with E-state index in [4.69, 9.17) is 0 Å². The topological polar surface area (TPSA) is 13.0 Å². The first kappa shape index (κ1) is 82.5. The van der Waals surface area contributed by atoms with Crippen LogP contribution in [0.1, 0.15) is 100 Å². The van der Waals surface area contributed by atoms with Crippen molar-refractivity contribution in [1.82, 2.24) is 0 Å². The van der Waals surface area contributed by atoms with Crippen LogP contribution in [0.4, 0.5) is 68.2 Å². The van der Waals surface area contributed by atoms with Gasteiger partial charge in [0.05, 0.1) is 16.2 Å². The van der Waals surface area contributed by atoms with Gasteiger partial charge < -0.3 is 19.6 Å². The fourth-order valence-corrected chi connectivity index (χ4v) is 22.4. The highest BCUT2D eigenvalue weighted by Gasteiger charge is 2.51. The van der Waals surface area contributed by atoms with E-state index in [1.165, 1.54) is 122 Å². The van der Waals surface area contributed by atoms with E-state index in [9.17, 15) is 0 Å². The summed E-state index contributed by atoms with van der Waals surface area (Å²) in [6.07, 6.45) is 3.86. The van der Waals surface area contributed by atoms with Crippen LogP contribution in [-0.4, -0.2) is 0 Å². The maximum atomic E-state index is 4.13. The molecule has 4 nitrogen and oxygen atoms in total. The highest BCUT2D eigenvalue weighted by atomic mass is 15.2. The Labute approximate surface area is 792 Å². The lowest BCUT2D eigenvalue weighted by atomic mass is 9.66. The second-order valence-electron chi connectivity index (χ2n) is 36.1. The number of para-hydroxylation sites is 4. The van der Waals surface area contributed by atoms with Crippen molar-refractivity contribution in [1.29, 1.82) is 0 Å². The Balaban J connectivity index is 0.552. The summed E-state index contributed by atoms with van der Waals surface area (Å²) < 4.78 is 0. The van der Waals surface area contributed by atoms with Crippen LogP contribution in [-0.2, 0) is 16.2 Å². The minimum Gasteiger partial charge on any atom is -0.311 e. The van der Waals surface area contributed by atoms with Crippen molar-refractivity contribution in [3.8, 4) is 55.6 Å². The number of benzene rings is 20. The molecule has 0 saturated heterocycles. The number of fused-ring (bicyclic) bond motifs is 9. The molecule has 23 rings (SSSR count). The average molecular weight is 1730 g/mol. The first-order valence-corrected chi connectivity index (χ1v) is 46.8. The molecule has 3 aliphatic carbocycles. The summed E-state index contributed by atoms with van der Waals surface area (Å²) in [5, 5.41) is 0. The Morgan fingerprint density at radius 3 is 0.667 bits per heavy atom. The van der Waals surface area contributed by atoms with Crippen LogP contribution in [0, 0.1) is 27.7 Å². The SMILES string of the molecule is C=Cc1ccc(C2(c3cc(C)ccc3C)c3ccccc3-c3ccc(N(c4ccccc4)c4ccc(-c5ccc(N(c6ccccc6)c6ccc(C7(c8ccc(N(c9ccccc9)c9ccc(-c%10ccc(N(c%11ccccc%11)c%11ccc%12c(c%11)C(c%11ccc(C=C)cc%11)(c%11cc(C)ccc%11C)c%11ccccc%11-%12)cc%10)cc9)cc8)c8ccccc8-c8ccccc87)cc6)cc5)cc4)cc32)cc1. The molecule has 2 atom stereocenters. The number of anilines is 12. The normalized spacial score (nSPS) is 14.4. The Bertz CT molecular complexity index is 7400. The largest absolute Gasteiger partial charge is 0.311 e. The number of hydrogen-bond donors (Lipinski definition) is 0. The molecule has 20 aromatic carbocycles. The van der Waals surface area contributed by atoms with Crippen LogP contribution in [0.3, 0.4) is 0 Å². The Hall–Kier alpha value is -16.9. The Morgan fingerprint density at radius 1 is 0.170 bits per heavy atom. The first-order chi connectivity index (χ1) is 66.5. The van der Waals surface area contributed by atoms with E-state index in [0.29, 0.717) is 0 Å². The second kappa shape index (κ2) is 34.1. The van der Waals surface area contributed by atoms with E-state index in [1.807, 2.05) is 12.2 Å². The molecule has 0 bridgehead atoms. The summed E-state index contributed by atoms with van der Waals surface area (Å²) in [6.45, 7) is 17.2. The van der Waals surface area contributed by atoms with Gasteiger partial charge in [-0.25, -0.2) is 0 Å². The van der Waals surface area contributed by atoms with E-state index < -0.39 is 16.2 Å². The zero-order chi connectivity index (χ0) is 90.9.